The number of benzene rings is 2. The maximum absolute atomic E-state index is 12.9. The summed E-state index contributed by atoms with van der Waals surface area (Å²) in [5.74, 6) is -5.37. The van der Waals surface area contributed by atoms with E-state index in [2.05, 4.69) is 19.2 Å². The second kappa shape index (κ2) is 7.56. The summed E-state index contributed by atoms with van der Waals surface area (Å²) >= 11 is 0. The second-order valence-electron chi connectivity index (χ2n) is 6.11. The van der Waals surface area contributed by atoms with Gasteiger partial charge in [-0.3, -0.25) is 0 Å². The van der Waals surface area contributed by atoms with Crippen LogP contribution in [0.25, 0.3) is 22.4 Å². The van der Waals surface area contributed by atoms with E-state index in [1.54, 1.807) is 0 Å². The predicted molar refractivity (Wildman–Crippen MR) is 87.9 cm³/mol. The summed E-state index contributed by atoms with van der Waals surface area (Å²) < 4.78 is 127. The summed E-state index contributed by atoms with van der Waals surface area (Å²) in [6, 6.07) is 3.69. The molecule has 1 N–H and O–H groups in total. The summed E-state index contributed by atoms with van der Waals surface area (Å²) in [4.78, 5) is 3.87. The second-order valence-corrected chi connectivity index (χ2v) is 6.11. The lowest BCUT2D eigenvalue weighted by Crippen LogP contribution is -2.22. The molecule has 0 aliphatic heterocycles. The van der Waals surface area contributed by atoms with Gasteiger partial charge in [-0.15, -0.1) is 39.5 Å². The molecule has 6 nitrogen and oxygen atoms in total. The molecule has 0 unspecified atom stereocenters. The van der Waals surface area contributed by atoms with E-state index >= 15 is 0 Å². The zero-order chi connectivity index (χ0) is 24.1. The summed E-state index contributed by atoms with van der Waals surface area (Å²) in [7, 11) is 1.20. The molecule has 0 spiro atoms. The van der Waals surface area contributed by atoms with Crippen molar-refractivity contribution in [2.24, 2.45) is 7.05 Å². The molecule has 0 fully saturated rings. The first-order valence-electron chi connectivity index (χ1n) is 8.13. The third-order valence-electron chi connectivity index (χ3n) is 3.81. The smallest absolute Gasteiger partial charge is 0.508 e. The number of fused-ring (bicyclic) bond motifs is 1. The average molecular weight is 476 g/mol. The number of rotatable bonds is 4. The van der Waals surface area contributed by atoms with Gasteiger partial charge in [0.25, 0.3) is 0 Å². The molecule has 0 saturated heterocycles. The van der Waals surface area contributed by atoms with Crippen molar-refractivity contribution in [2.45, 2.75) is 19.1 Å². The van der Waals surface area contributed by atoms with Crippen molar-refractivity contribution < 1.29 is 58.8 Å². The number of phenolic OH excluding ortho intramolecular Hbond substituents is 1. The van der Waals surface area contributed by atoms with Crippen molar-refractivity contribution >= 4 is 11.0 Å². The van der Waals surface area contributed by atoms with E-state index in [-0.39, 0.29) is 28.9 Å². The summed E-state index contributed by atoms with van der Waals surface area (Å²) in [5.41, 5.74) is -0.953. The number of aromatic nitrogens is 2. The molecule has 0 aliphatic carbocycles. The van der Waals surface area contributed by atoms with Crippen LogP contribution < -0.4 is 14.2 Å². The molecule has 1 heterocycles. The van der Waals surface area contributed by atoms with Crippen LogP contribution in [0.5, 0.6) is 23.0 Å². The molecule has 174 valence electrons. The first kappa shape index (κ1) is 23.1. The number of imidazole rings is 1. The van der Waals surface area contributed by atoms with Crippen LogP contribution in [0.2, 0.25) is 0 Å². The number of aromatic hydroxyl groups is 1. The Balaban J connectivity index is 2.34. The van der Waals surface area contributed by atoms with Gasteiger partial charge < -0.3 is 23.9 Å². The number of nitrogens with zero attached hydrogens (tertiary/aromatic N) is 2. The van der Waals surface area contributed by atoms with E-state index in [1.807, 2.05) is 0 Å². The fraction of sp³-hybridized carbons (Fsp3) is 0.235. The van der Waals surface area contributed by atoms with Crippen LogP contribution in [0, 0.1) is 0 Å². The van der Waals surface area contributed by atoms with Crippen molar-refractivity contribution in [3.05, 3.63) is 30.3 Å². The normalized spacial score (nSPS) is 12.8. The molecule has 15 heteroatoms. The van der Waals surface area contributed by atoms with Gasteiger partial charge in [-0.2, -0.15) is 0 Å². The molecule has 3 aromatic rings. The average Bonchev–Trinajstić information content (AvgIpc) is 2.86. The highest BCUT2D eigenvalue weighted by Crippen LogP contribution is 2.46. The highest BCUT2D eigenvalue weighted by molar-refractivity contribution is 5.85. The Labute approximate surface area is 171 Å². The number of alkyl halides is 9. The van der Waals surface area contributed by atoms with Gasteiger partial charge in [0.05, 0.1) is 11.0 Å². The first-order valence-corrected chi connectivity index (χ1v) is 8.13. The summed E-state index contributed by atoms with van der Waals surface area (Å²) in [5, 5.41) is 9.54. The molecule has 2 aromatic carbocycles. The van der Waals surface area contributed by atoms with Crippen molar-refractivity contribution in [1.82, 2.24) is 9.55 Å². The van der Waals surface area contributed by atoms with Crippen LogP contribution in [0.15, 0.2) is 30.3 Å². The Bertz CT molecular complexity index is 1110. The maximum Gasteiger partial charge on any atom is 0.573 e. The Morgan fingerprint density at radius 1 is 0.781 bits per heavy atom. The van der Waals surface area contributed by atoms with Crippen LogP contribution >= 0.6 is 0 Å². The lowest BCUT2D eigenvalue weighted by Gasteiger charge is -2.20. The van der Waals surface area contributed by atoms with Crippen LogP contribution in [0.1, 0.15) is 0 Å². The third-order valence-corrected chi connectivity index (χ3v) is 3.81. The Morgan fingerprint density at radius 2 is 1.28 bits per heavy atom. The predicted octanol–water partition coefficient (Wildman–Crippen LogP) is 5.64. The van der Waals surface area contributed by atoms with Gasteiger partial charge in [0.15, 0.2) is 0 Å². The van der Waals surface area contributed by atoms with Crippen molar-refractivity contribution in [1.29, 1.82) is 0 Å². The summed E-state index contributed by atoms with van der Waals surface area (Å²) in [6.45, 7) is 0. The SMILES string of the molecule is Cn1c(-c2c(OC(F)(F)F)cc(OC(F)(F)F)cc2OC(F)(F)F)nc2cc(O)ccc21. The van der Waals surface area contributed by atoms with Crippen molar-refractivity contribution in [3.63, 3.8) is 0 Å². The fourth-order valence-electron chi connectivity index (χ4n) is 2.80. The molecular weight excluding hydrogens is 467 g/mol. The first-order chi connectivity index (χ1) is 14.5. The van der Waals surface area contributed by atoms with Gasteiger partial charge in [-0.1, -0.05) is 0 Å². The molecule has 0 atom stereocenters. The third kappa shape index (κ3) is 5.39. The minimum atomic E-state index is -5.51. The molecule has 0 saturated carbocycles. The van der Waals surface area contributed by atoms with Crippen LogP contribution in [-0.2, 0) is 7.05 Å². The van der Waals surface area contributed by atoms with Gasteiger partial charge in [0.2, 0.25) is 0 Å². The summed E-state index contributed by atoms with van der Waals surface area (Å²) in [6.07, 6.45) is -16.5. The molecule has 3 rings (SSSR count). The Morgan fingerprint density at radius 3 is 1.75 bits per heavy atom. The standard InChI is InChI=1S/C17H9F9N2O4/c1-28-10-3-2-7(29)4-9(10)27-14(28)13-11(31-16(21,22)23)5-8(30-15(18,19)20)6-12(13)32-17(24,25)26/h2-6,29H,1H3. The lowest BCUT2D eigenvalue weighted by molar-refractivity contribution is -0.278. The van der Waals surface area contributed by atoms with E-state index < -0.39 is 47.7 Å². The van der Waals surface area contributed by atoms with Gasteiger partial charge in [-0.25, -0.2) is 4.98 Å². The monoisotopic (exact) mass is 476 g/mol. The van der Waals surface area contributed by atoms with E-state index in [4.69, 9.17) is 0 Å². The lowest BCUT2D eigenvalue weighted by atomic mass is 10.1. The van der Waals surface area contributed by atoms with Gasteiger partial charge in [0.1, 0.15) is 34.4 Å². The molecular formula is C17H9F9N2O4. The fourth-order valence-corrected chi connectivity index (χ4v) is 2.80. The topological polar surface area (TPSA) is 65.7 Å². The van der Waals surface area contributed by atoms with Crippen LogP contribution in [0.4, 0.5) is 39.5 Å². The number of hydrogen-bond donors (Lipinski definition) is 1. The highest BCUT2D eigenvalue weighted by atomic mass is 19.4. The zero-order valence-electron chi connectivity index (χ0n) is 15.4. The Hall–Kier alpha value is -3.52. The van der Waals surface area contributed by atoms with E-state index in [0.29, 0.717) is 0 Å². The largest absolute Gasteiger partial charge is 0.573 e. The maximum atomic E-state index is 12.9. The quantitative estimate of drug-likeness (QED) is 0.494. The Kier molecular flexibility index (Phi) is 5.47. The number of halogens is 9. The molecule has 0 aliphatic rings. The molecule has 0 amide bonds. The minimum Gasteiger partial charge on any atom is -0.508 e. The van der Waals surface area contributed by atoms with E-state index in [1.165, 1.54) is 19.2 Å². The highest BCUT2D eigenvalue weighted by Gasteiger charge is 2.39. The molecule has 0 radical (unpaired) electrons. The molecule has 32 heavy (non-hydrogen) atoms. The molecule has 1 aromatic heterocycles. The van der Waals surface area contributed by atoms with E-state index in [9.17, 15) is 44.6 Å². The van der Waals surface area contributed by atoms with Crippen molar-refractivity contribution in [3.8, 4) is 34.4 Å². The van der Waals surface area contributed by atoms with E-state index in [0.717, 1.165) is 10.6 Å². The molecule has 0 bridgehead atoms. The van der Waals surface area contributed by atoms with Crippen LogP contribution in [0.3, 0.4) is 0 Å². The number of ether oxygens (including phenoxy) is 3. The minimum absolute atomic E-state index is 0.0472. The zero-order valence-corrected chi connectivity index (χ0v) is 15.4. The number of aryl methyl sites for hydroxylation is 1. The van der Waals surface area contributed by atoms with Gasteiger partial charge in [0, 0.05) is 25.2 Å². The van der Waals surface area contributed by atoms with Gasteiger partial charge in [-0.05, 0) is 12.1 Å². The number of phenols is 1. The van der Waals surface area contributed by atoms with Crippen molar-refractivity contribution in [2.75, 3.05) is 0 Å². The van der Waals surface area contributed by atoms with Crippen LogP contribution in [-0.4, -0.2) is 33.7 Å². The van der Waals surface area contributed by atoms with Gasteiger partial charge >= 0.3 is 19.1 Å². The number of hydrogen-bond acceptors (Lipinski definition) is 5.